The average Bonchev–Trinajstić information content (AvgIpc) is 2.20. The number of pyridine rings is 1. The molecule has 0 atom stereocenters. The van der Waals surface area contributed by atoms with E-state index in [2.05, 4.69) is 4.98 Å². The average molecular weight is 203 g/mol. The molecule has 0 aliphatic carbocycles. The molecule has 15 heavy (non-hydrogen) atoms. The third-order valence-corrected chi connectivity index (χ3v) is 2.71. The van der Waals surface area contributed by atoms with Crippen LogP contribution in [0.25, 0.3) is 10.9 Å². The van der Waals surface area contributed by atoms with E-state index in [1.807, 2.05) is 19.1 Å². The number of aryl methyl sites for hydroxylation is 2. The van der Waals surface area contributed by atoms with Crippen molar-refractivity contribution < 1.29 is 5.11 Å². The van der Waals surface area contributed by atoms with E-state index < -0.39 is 0 Å². The Balaban J connectivity index is 2.98. The van der Waals surface area contributed by atoms with Crippen molar-refractivity contribution in [3.05, 3.63) is 45.2 Å². The predicted octanol–water partition coefficient (Wildman–Crippen LogP) is 1.64. The molecular weight excluding hydrogens is 190 g/mol. The van der Waals surface area contributed by atoms with Crippen molar-refractivity contribution >= 4 is 10.9 Å². The van der Waals surface area contributed by atoms with Crippen LogP contribution in [0.1, 0.15) is 16.8 Å². The number of rotatable bonds is 1. The summed E-state index contributed by atoms with van der Waals surface area (Å²) < 4.78 is 0. The molecule has 0 aliphatic rings. The Bertz CT molecular complexity index is 570. The van der Waals surface area contributed by atoms with Gasteiger partial charge in [0.1, 0.15) is 0 Å². The molecule has 0 saturated carbocycles. The van der Waals surface area contributed by atoms with E-state index in [0.717, 1.165) is 16.8 Å². The fourth-order valence-electron chi connectivity index (χ4n) is 1.81. The van der Waals surface area contributed by atoms with Gasteiger partial charge in [0.05, 0.1) is 12.1 Å². The fourth-order valence-corrected chi connectivity index (χ4v) is 1.81. The number of aliphatic hydroxyl groups is 1. The maximum absolute atomic E-state index is 12.0. The van der Waals surface area contributed by atoms with Gasteiger partial charge >= 0.3 is 0 Å². The summed E-state index contributed by atoms with van der Waals surface area (Å²) in [4.78, 5) is 15.1. The van der Waals surface area contributed by atoms with Crippen molar-refractivity contribution in [2.24, 2.45) is 0 Å². The number of para-hydroxylation sites is 1. The lowest BCUT2D eigenvalue weighted by Crippen LogP contribution is -2.13. The topological polar surface area (TPSA) is 53.1 Å². The minimum Gasteiger partial charge on any atom is -0.391 e. The first kappa shape index (κ1) is 9.93. The summed E-state index contributed by atoms with van der Waals surface area (Å²) in [5.74, 6) is 0. The van der Waals surface area contributed by atoms with Crippen molar-refractivity contribution in [3.63, 3.8) is 0 Å². The molecule has 0 aliphatic heterocycles. The van der Waals surface area contributed by atoms with Gasteiger partial charge in [-0.1, -0.05) is 12.1 Å². The Hall–Kier alpha value is -1.61. The number of nitrogens with one attached hydrogen (secondary N) is 1. The molecule has 0 bridgehead atoms. The van der Waals surface area contributed by atoms with E-state index in [4.69, 9.17) is 5.11 Å². The van der Waals surface area contributed by atoms with Gasteiger partial charge in [-0.15, -0.1) is 0 Å². The van der Waals surface area contributed by atoms with Gasteiger partial charge in [0, 0.05) is 16.6 Å². The molecule has 0 fully saturated rings. The van der Waals surface area contributed by atoms with Crippen LogP contribution in [0.5, 0.6) is 0 Å². The molecule has 1 heterocycles. The highest BCUT2D eigenvalue weighted by molar-refractivity contribution is 5.82. The van der Waals surface area contributed by atoms with Crippen LogP contribution in [0.4, 0.5) is 0 Å². The summed E-state index contributed by atoms with van der Waals surface area (Å²) in [6, 6.07) is 5.58. The molecule has 0 spiro atoms. The molecule has 0 saturated heterocycles. The second kappa shape index (κ2) is 3.51. The van der Waals surface area contributed by atoms with Crippen LogP contribution >= 0.6 is 0 Å². The zero-order valence-corrected chi connectivity index (χ0v) is 8.79. The molecule has 1 aromatic heterocycles. The second-order valence-corrected chi connectivity index (χ2v) is 3.71. The Morgan fingerprint density at radius 3 is 2.73 bits per heavy atom. The molecule has 0 amide bonds. The molecule has 2 N–H and O–H groups in total. The quantitative estimate of drug-likeness (QED) is 0.740. The summed E-state index contributed by atoms with van der Waals surface area (Å²) >= 11 is 0. The van der Waals surface area contributed by atoms with E-state index in [1.165, 1.54) is 0 Å². The number of aromatic nitrogens is 1. The Morgan fingerprint density at radius 2 is 2.07 bits per heavy atom. The fraction of sp³-hybridized carbons (Fsp3) is 0.250. The minimum atomic E-state index is -0.217. The highest BCUT2D eigenvalue weighted by Crippen LogP contribution is 2.14. The molecule has 3 heteroatoms. The standard InChI is InChI=1S/C12H13NO2/c1-7-4-3-5-9-11(7)13-8(2)10(6-14)12(9)15/h3-5,14H,6H2,1-2H3,(H,13,15). The van der Waals surface area contributed by atoms with Crippen LogP contribution in [0.15, 0.2) is 23.0 Å². The molecule has 3 nitrogen and oxygen atoms in total. The predicted molar refractivity (Wildman–Crippen MR) is 60.0 cm³/mol. The van der Waals surface area contributed by atoms with Crippen molar-refractivity contribution in [1.29, 1.82) is 0 Å². The molecule has 78 valence electrons. The summed E-state index contributed by atoms with van der Waals surface area (Å²) in [6.45, 7) is 3.54. The van der Waals surface area contributed by atoms with Gasteiger partial charge in [0.15, 0.2) is 5.43 Å². The summed E-state index contributed by atoms with van der Waals surface area (Å²) in [5, 5.41) is 9.75. The van der Waals surface area contributed by atoms with Gasteiger partial charge < -0.3 is 10.1 Å². The zero-order valence-electron chi connectivity index (χ0n) is 8.79. The number of H-pyrrole nitrogens is 1. The SMILES string of the molecule is Cc1[nH]c2c(C)cccc2c(=O)c1CO. The van der Waals surface area contributed by atoms with Crippen LogP contribution in [-0.4, -0.2) is 10.1 Å². The van der Waals surface area contributed by atoms with Crippen molar-refractivity contribution in [1.82, 2.24) is 4.98 Å². The van der Waals surface area contributed by atoms with Crippen molar-refractivity contribution in [3.8, 4) is 0 Å². The summed E-state index contributed by atoms with van der Waals surface area (Å²) in [7, 11) is 0. The van der Waals surface area contributed by atoms with E-state index in [0.29, 0.717) is 10.9 Å². The van der Waals surface area contributed by atoms with Gasteiger partial charge in [-0.25, -0.2) is 0 Å². The number of hydrogen-bond acceptors (Lipinski definition) is 2. The van der Waals surface area contributed by atoms with Crippen LogP contribution in [0.2, 0.25) is 0 Å². The van der Waals surface area contributed by atoms with Gasteiger partial charge in [-0.3, -0.25) is 4.79 Å². The number of aliphatic hydroxyl groups excluding tert-OH is 1. The van der Waals surface area contributed by atoms with Crippen LogP contribution in [-0.2, 0) is 6.61 Å². The normalized spacial score (nSPS) is 10.9. The zero-order chi connectivity index (χ0) is 11.0. The number of fused-ring (bicyclic) bond motifs is 1. The minimum absolute atomic E-state index is 0.0764. The molecule has 2 aromatic rings. The van der Waals surface area contributed by atoms with Gasteiger partial charge in [0.2, 0.25) is 0 Å². The van der Waals surface area contributed by atoms with E-state index in [-0.39, 0.29) is 12.0 Å². The van der Waals surface area contributed by atoms with Crippen LogP contribution in [0, 0.1) is 13.8 Å². The van der Waals surface area contributed by atoms with Crippen LogP contribution in [0.3, 0.4) is 0 Å². The lowest BCUT2D eigenvalue weighted by atomic mass is 10.1. The highest BCUT2D eigenvalue weighted by atomic mass is 16.3. The largest absolute Gasteiger partial charge is 0.391 e. The lowest BCUT2D eigenvalue weighted by Gasteiger charge is -2.07. The first-order chi connectivity index (χ1) is 7.15. The van der Waals surface area contributed by atoms with E-state index in [1.54, 1.807) is 13.0 Å². The van der Waals surface area contributed by atoms with Gasteiger partial charge in [-0.05, 0) is 25.5 Å². The van der Waals surface area contributed by atoms with Crippen molar-refractivity contribution in [2.45, 2.75) is 20.5 Å². The van der Waals surface area contributed by atoms with Gasteiger partial charge in [-0.2, -0.15) is 0 Å². The van der Waals surface area contributed by atoms with E-state index >= 15 is 0 Å². The summed E-state index contributed by atoms with van der Waals surface area (Å²) in [5.41, 5.74) is 3.01. The first-order valence-corrected chi connectivity index (χ1v) is 4.87. The highest BCUT2D eigenvalue weighted by Gasteiger charge is 2.08. The second-order valence-electron chi connectivity index (χ2n) is 3.71. The molecule has 0 radical (unpaired) electrons. The molecule has 2 rings (SSSR count). The third kappa shape index (κ3) is 1.45. The van der Waals surface area contributed by atoms with Crippen molar-refractivity contribution in [2.75, 3.05) is 0 Å². The summed E-state index contributed by atoms with van der Waals surface area (Å²) in [6.07, 6.45) is 0. The molecular formula is C12H13NO2. The smallest absolute Gasteiger partial charge is 0.195 e. The maximum atomic E-state index is 12.0. The molecule has 1 aromatic carbocycles. The lowest BCUT2D eigenvalue weighted by molar-refractivity contribution is 0.279. The van der Waals surface area contributed by atoms with Gasteiger partial charge in [0.25, 0.3) is 0 Å². The van der Waals surface area contributed by atoms with E-state index in [9.17, 15) is 4.79 Å². The van der Waals surface area contributed by atoms with Crippen LogP contribution < -0.4 is 5.43 Å². The Morgan fingerprint density at radius 1 is 1.33 bits per heavy atom. The maximum Gasteiger partial charge on any atom is 0.195 e. The Kier molecular flexibility index (Phi) is 2.32. The third-order valence-electron chi connectivity index (χ3n) is 2.71. The number of benzene rings is 1. The first-order valence-electron chi connectivity index (χ1n) is 4.87. The number of hydrogen-bond donors (Lipinski definition) is 2. The Labute approximate surface area is 87.4 Å². The molecule has 0 unspecified atom stereocenters. The monoisotopic (exact) mass is 203 g/mol. The number of aromatic amines is 1.